The molecule has 0 radical (unpaired) electrons. The minimum atomic E-state index is -3.15. The zero-order chi connectivity index (χ0) is 36.3. The van der Waals surface area contributed by atoms with Crippen LogP contribution in [0, 0.1) is 33.1 Å². The molecule has 2 aromatic carbocycles. The van der Waals surface area contributed by atoms with Crippen LogP contribution in [0.25, 0.3) is 21.7 Å². The first kappa shape index (κ1) is 38.9. The van der Waals surface area contributed by atoms with Crippen molar-refractivity contribution in [1.29, 1.82) is 5.26 Å². The molecule has 0 saturated carbocycles. The molecule has 50 heavy (non-hydrogen) atoms. The van der Waals surface area contributed by atoms with Gasteiger partial charge in [0.15, 0.2) is 23.3 Å². The molecule has 0 amide bonds. The van der Waals surface area contributed by atoms with Crippen LogP contribution >= 0.6 is 23.6 Å². The molecule has 0 aliphatic heterocycles. The molecule has 1 atom stereocenters. The Morgan fingerprint density at radius 2 is 1.82 bits per heavy atom. The van der Waals surface area contributed by atoms with E-state index in [1.54, 1.807) is 6.07 Å². The van der Waals surface area contributed by atoms with Gasteiger partial charge in [0, 0.05) is 30.5 Å². The molecule has 0 saturated heterocycles. The van der Waals surface area contributed by atoms with Gasteiger partial charge < -0.3 is 20.4 Å². The Morgan fingerprint density at radius 3 is 2.54 bits per heavy atom. The molecule has 0 spiro atoms. The highest BCUT2D eigenvalue weighted by molar-refractivity contribution is 7.71. The van der Waals surface area contributed by atoms with E-state index in [-0.39, 0.29) is 5.75 Å². The van der Waals surface area contributed by atoms with E-state index in [4.69, 9.17) is 22.7 Å². The number of nitrogens with one attached hydrogen (secondary N) is 1. The number of hydrogen-bond acceptors (Lipinski definition) is 7. The normalized spacial score (nSPS) is 12.4. The summed E-state index contributed by atoms with van der Waals surface area (Å²) in [5, 5.41) is 9.72. The van der Waals surface area contributed by atoms with Crippen LogP contribution in [-0.4, -0.2) is 35.6 Å². The van der Waals surface area contributed by atoms with Crippen LogP contribution in [0.15, 0.2) is 60.7 Å². The number of halogens is 3. The summed E-state index contributed by atoms with van der Waals surface area (Å²) in [6.45, 7) is 7.17. The van der Waals surface area contributed by atoms with Crippen LogP contribution in [0.3, 0.4) is 0 Å². The Morgan fingerprint density at radius 1 is 1.06 bits per heavy atom. The van der Waals surface area contributed by atoms with Gasteiger partial charge in [0.05, 0.1) is 16.6 Å². The lowest BCUT2D eigenvalue weighted by Crippen LogP contribution is -2.39. The monoisotopic (exact) mass is 723 g/mol. The number of ether oxygens (including phenoxy) is 1. The molecule has 3 N–H and O–H groups in total. The minimum Gasteiger partial charge on any atom is -0.484 e. The second-order valence-electron chi connectivity index (χ2n) is 13.8. The molecule has 0 fully saturated rings. The number of H-pyrrole nitrogens is 1. The van der Waals surface area contributed by atoms with Crippen molar-refractivity contribution in [1.82, 2.24) is 9.97 Å². The third-order valence-electron chi connectivity index (χ3n) is 8.89. The van der Waals surface area contributed by atoms with E-state index in [9.17, 15) is 18.4 Å². The highest BCUT2D eigenvalue weighted by Crippen LogP contribution is 2.42. The number of alkyl halides is 2. The van der Waals surface area contributed by atoms with Crippen LogP contribution in [0.2, 0.25) is 0 Å². The lowest BCUT2D eigenvalue weighted by atomic mass is 9.88. The molecule has 0 bridgehead atoms. The fourth-order valence-corrected chi connectivity index (χ4v) is 6.86. The maximum absolute atomic E-state index is 14.7. The van der Waals surface area contributed by atoms with Crippen LogP contribution in [0.5, 0.6) is 5.75 Å². The maximum atomic E-state index is 14.7. The highest BCUT2D eigenvalue weighted by Gasteiger charge is 2.44. The lowest BCUT2D eigenvalue weighted by Gasteiger charge is -2.30. The molecule has 2 heterocycles. The Labute approximate surface area is 303 Å². The Balaban J connectivity index is 1.42. The number of nitrogens with zero attached hydrogens (tertiary/aromatic N) is 3. The van der Waals surface area contributed by atoms with E-state index in [1.165, 1.54) is 44.2 Å². The van der Waals surface area contributed by atoms with Gasteiger partial charge in [-0.1, -0.05) is 107 Å². The highest BCUT2D eigenvalue weighted by atomic mass is 32.1. The molecule has 6 nitrogen and oxygen atoms in total. The van der Waals surface area contributed by atoms with Crippen molar-refractivity contribution in [2.45, 2.75) is 85.0 Å². The van der Waals surface area contributed by atoms with E-state index >= 15 is 0 Å². The standard InChI is InChI=1S/C39H48F3N5OS2/c1-5-13-27(21-22-43)25-47(33-17-12-18-34(49)45-33)23-11-7-6-8-14-28-15-9-10-16-30(28)35-36(50-37(44)46-35)29-19-20-31(40)32(24-29)48-26-39(41,42)38(2,3)4/h9-10,12,15-20,24,27H,5-8,11,13-14,21,23,25-26H2,1-4H3,(H2,44,46)(H,45,49). The van der Waals surface area contributed by atoms with Crippen molar-refractivity contribution in [3.05, 3.63) is 76.7 Å². The first-order valence-corrected chi connectivity index (χ1v) is 18.5. The second-order valence-corrected chi connectivity index (χ2v) is 15.3. The van der Waals surface area contributed by atoms with Crippen molar-refractivity contribution < 1.29 is 17.9 Å². The summed E-state index contributed by atoms with van der Waals surface area (Å²) in [5.74, 6) is -2.81. The molecule has 1 unspecified atom stereocenters. The van der Waals surface area contributed by atoms with Crippen molar-refractivity contribution in [3.8, 4) is 33.5 Å². The van der Waals surface area contributed by atoms with Crippen LogP contribution in [0.4, 0.5) is 24.1 Å². The number of nitrogens with two attached hydrogens (primary N) is 1. The summed E-state index contributed by atoms with van der Waals surface area (Å²) in [4.78, 5) is 11.0. The summed E-state index contributed by atoms with van der Waals surface area (Å²) >= 11 is 6.66. The molecule has 0 aliphatic carbocycles. The van der Waals surface area contributed by atoms with Gasteiger partial charge in [-0.25, -0.2) is 18.2 Å². The van der Waals surface area contributed by atoms with E-state index in [0.29, 0.717) is 33.4 Å². The maximum Gasteiger partial charge on any atom is 0.286 e. The van der Waals surface area contributed by atoms with Gasteiger partial charge in [0.2, 0.25) is 0 Å². The van der Waals surface area contributed by atoms with Crippen molar-refractivity contribution in [3.63, 3.8) is 0 Å². The molecule has 268 valence electrons. The third-order valence-corrected chi connectivity index (χ3v) is 10.1. The van der Waals surface area contributed by atoms with Gasteiger partial charge in [0.25, 0.3) is 5.92 Å². The summed E-state index contributed by atoms with van der Waals surface area (Å²) in [6.07, 6.45) is 7.49. The van der Waals surface area contributed by atoms with Crippen LogP contribution < -0.4 is 15.4 Å². The fraction of sp³-hybridized carbons (Fsp3) is 0.462. The number of nitriles is 1. The van der Waals surface area contributed by atoms with Crippen molar-refractivity contribution in [2.75, 3.05) is 30.3 Å². The molecule has 4 rings (SSSR count). The van der Waals surface area contributed by atoms with Gasteiger partial charge in [0.1, 0.15) is 10.5 Å². The quantitative estimate of drug-likeness (QED) is 0.0784. The largest absolute Gasteiger partial charge is 0.484 e. The van der Waals surface area contributed by atoms with Gasteiger partial charge >= 0.3 is 0 Å². The first-order valence-electron chi connectivity index (χ1n) is 17.3. The SMILES string of the molecule is CCCC(CC#N)CN(CCCCCCc1ccccc1-c1nc(N)sc1-c1ccc(F)c(OCC(F)(F)C(C)(C)C)c1)c1cccc(=S)[nH]1. The Bertz CT molecular complexity index is 1790. The Hall–Kier alpha value is -3.88. The number of nitrogen functional groups attached to an aromatic ring is 1. The predicted molar refractivity (Wildman–Crippen MR) is 202 cm³/mol. The number of anilines is 2. The molecular formula is C39H48F3N5OS2. The zero-order valence-corrected chi connectivity index (χ0v) is 31.0. The Kier molecular flexibility index (Phi) is 13.9. The second kappa shape index (κ2) is 17.9. The summed E-state index contributed by atoms with van der Waals surface area (Å²) in [5.41, 5.74) is 8.20. The minimum absolute atomic E-state index is 0.239. The topological polar surface area (TPSA) is 91.0 Å². The molecule has 11 heteroatoms. The molecule has 4 aromatic rings. The van der Waals surface area contributed by atoms with Gasteiger partial charge in [-0.05, 0) is 67.0 Å². The number of rotatable bonds is 18. The lowest BCUT2D eigenvalue weighted by molar-refractivity contribution is -0.123. The molecule has 0 aliphatic rings. The molecule has 2 aromatic heterocycles. The predicted octanol–water partition coefficient (Wildman–Crippen LogP) is 11.3. The van der Waals surface area contributed by atoms with Crippen molar-refractivity contribution >= 4 is 34.5 Å². The number of aryl methyl sites for hydroxylation is 1. The number of benzene rings is 2. The van der Waals surface area contributed by atoms with E-state index < -0.39 is 23.8 Å². The van der Waals surface area contributed by atoms with E-state index in [2.05, 4.69) is 33.9 Å². The fourth-order valence-electron chi connectivity index (χ4n) is 5.83. The molecular weight excluding hydrogens is 676 g/mol. The summed E-state index contributed by atoms with van der Waals surface area (Å²) < 4.78 is 50.0. The van der Waals surface area contributed by atoms with E-state index in [0.717, 1.165) is 79.9 Å². The third kappa shape index (κ3) is 10.6. The van der Waals surface area contributed by atoms with E-state index in [1.807, 2.05) is 36.4 Å². The average Bonchev–Trinajstić information content (AvgIpc) is 3.46. The smallest absolute Gasteiger partial charge is 0.286 e. The number of thiazole rings is 1. The summed E-state index contributed by atoms with van der Waals surface area (Å²) in [6, 6.07) is 20.6. The number of aromatic amines is 1. The van der Waals surface area contributed by atoms with Gasteiger partial charge in [-0.15, -0.1) is 0 Å². The number of hydrogen-bond donors (Lipinski definition) is 2. The first-order chi connectivity index (χ1) is 23.8. The average molecular weight is 724 g/mol. The number of unbranched alkanes of at least 4 members (excludes halogenated alkanes) is 3. The van der Waals surface area contributed by atoms with Gasteiger partial charge in [-0.2, -0.15) is 5.26 Å². The van der Waals surface area contributed by atoms with Crippen LogP contribution in [0.1, 0.15) is 78.2 Å². The van der Waals surface area contributed by atoms with Crippen molar-refractivity contribution in [2.24, 2.45) is 11.3 Å². The summed E-state index contributed by atoms with van der Waals surface area (Å²) in [7, 11) is 0. The number of aromatic nitrogens is 2. The van der Waals surface area contributed by atoms with Gasteiger partial charge in [-0.3, -0.25) is 0 Å². The number of pyridine rings is 1. The zero-order valence-electron chi connectivity index (χ0n) is 29.4. The van der Waals surface area contributed by atoms with Crippen LogP contribution in [-0.2, 0) is 6.42 Å².